The van der Waals surface area contributed by atoms with E-state index >= 15 is 0 Å². The Morgan fingerprint density at radius 1 is 1.13 bits per heavy atom. The van der Waals surface area contributed by atoms with E-state index in [0.29, 0.717) is 22.4 Å². The van der Waals surface area contributed by atoms with Crippen LogP contribution in [0, 0.1) is 0 Å². The molecule has 0 saturated carbocycles. The van der Waals surface area contributed by atoms with Crippen molar-refractivity contribution < 1.29 is 9.53 Å². The molecule has 0 aliphatic carbocycles. The number of hydrazone groups is 1. The van der Waals surface area contributed by atoms with Gasteiger partial charge in [0.25, 0.3) is 11.5 Å². The summed E-state index contributed by atoms with van der Waals surface area (Å²) in [7, 11) is 0. The first-order chi connectivity index (χ1) is 14.5. The van der Waals surface area contributed by atoms with Crippen LogP contribution in [0.25, 0.3) is 0 Å². The summed E-state index contributed by atoms with van der Waals surface area (Å²) in [5.74, 6) is 0.113. The molecular weight excluding hydrogens is 425 g/mol. The lowest BCUT2D eigenvalue weighted by atomic mass is 10.2. The first-order valence-corrected chi connectivity index (χ1v) is 9.93. The predicted molar refractivity (Wildman–Crippen MR) is 119 cm³/mol. The zero-order chi connectivity index (χ0) is 21.5. The minimum atomic E-state index is -0.597. The summed E-state index contributed by atoms with van der Waals surface area (Å²) in [6, 6.07) is 15.5. The molecule has 0 aliphatic heterocycles. The molecule has 1 N–H and O–H groups in total. The van der Waals surface area contributed by atoms with Crippen molar-refractivity contribution >= 4 is 35.3 Å². The van der Waals surface area contributed by atoms with Gasteiger partial charge in [-0.3, -0.25) is 9.59 Å². The topological polar surface area (TPSA) is 72.7 Å². The van der Waals surface area contributed by atoms with Gasteiger partial charge in [0.1, 0.15) is 11.3 Å². The Bertz CT molecular complexity index is 1140. The molecule has 0 fully saturated rings. The average Bonchev–Trinajstić information content (AvgIpc) is 2.73. The summed E-state index contributed by atoms with van der Waals surface area (Å²) in [6.07, 6.45) is 3.09. The van der Waals surface area contributed by atoms with Crippen molar-refractivity contribution in [2.45, 2.75) is 13.5 Å². The molecule has 3 aromatic rings. The zero-order valence-corrected chi connectivity index (χ0v) is 17.7. The molecule has 0 unspecified atom stereocenters. The number of halogens is 2. The summed E-state index contributed by atoms with van der Waals surface area (Å²) in [5, 5.41) is 4.77. The summed E-state index contributed by atoms with van der Waals surface area (Å²) in [5.41, 5.74) is 3.48. The fourth-order valence-electron chi connectivity index (χ4n) is 2.75. The number of nitrogens with zero attached hydrogens (tertiary/aromatic N) is 2. The van der Waals surface area contributed by atoms with Crippen molar-refractivity contribution in [1.29, 1.82) is 0 Å². The third-order valence-corrected chi connectivity index (χ3v) is 4.89. The number of ether oxygens (including phenoxy) is 1. The fourth-order valence-corrected chi connectivity index (χ4v) is 3.07. The van der Waals surface area contributed by atoms with Gasteiger partial charge in [-0.2, -0.15) is 5.10 Å². The van der Waals surface area contributed by atoms with E-state index in [2.05, 4.69) is 10.5 Å². The maximum atomic E-state index is 12.7. The summed E-state index contributed by atoms with van der Waals surface area (Å²) in [4.78, 5) is 25.1. The van der Waals surface area contributed by atoms with Crippen LogP contribution in [-0.2, 0) is 6.54 Å². The highest BCUT2D eigenvalue weighted by molar-refractivity contribution is 6.42. The van der Waals surface area contributed by atoms with Gasteiger partial charge in [-0.25, -0.2) is 5.43 Å². The Balaban J connectivity index is 1.72. The quantitative estimate of drug-likeness (QED) is 0.435. The molecule has 0 aliphatic rings. The number of nitrogens with one attached hydrogen (secondary N) is 1. The number of rotatable bonds is 7. The van der Waals surface area contributed by atoms with E-state index in [9.17, 15) is 9.59 Å². The second-order valence-electron chi connectivity index (χ2n) is 6.31. The summed E-state index contributed by atoms with van der Waals surface area (Å²) >= 11 is 12.0. The molecule has 8 heteroatoms. The molecule has 30 heavy (non-hydrogen) atoms. The van der Waals surface area contributed by atoms with Gasteiger partial charge in [-0.1, -0.05) is 41.4 Å². The van der Waals surface area contributed by atoms with Crippen molar-refractivity contribution in [2.75, 3.05) is 6.61 Å². The molecule has 0 spiro atoms. The number of benzene rings is 2. The van der Waals surface area contributed by atoms with Gasteiger partial charge in [0.2, 0.25) is 0 Å². The lowest BCUT2D eigenvalue weighted by Crippen LogP contribution is -2.30. The van der Waals surface area contributed by atoms with Gasteiger partial charge in [-0.05, 0) is 54.4 Å². The minimum Gasteiger partial charge on any atom is -0.494 e. The van der Waals surface area contributed by atoms with E-state index in [1.807, 2.05) is 25.1 Å². The molecule has 1 heterocycles. The van der Waals surface area contributed by atoms with E-state index < -0.39 is 11.5 Å². The van der Waals surface area contributed by atoms with Crippen LogP contribution in [0.5, 0.6) is 5.75 Å². The van der Waals surface area contributed by atoms with E-state index in [1.165, 1.54) is 16.8 Å². The van der Waals surface area contributed by atoms with Gasteiger partial charge < -0.3 is 9.30 Å². The van der Waals surface area contributed by atoms with Gasteiger partial charge in [-0.15, -0.1) is 0 Å². The van der Waals surface area contributed by atoms with Crippen LogP contribution in [0.3, 0.4) is 0 Å². The summed E-state index contributed by atoms with van der Waals surface area (Å²) in [6.45, 7) is 2.71. The minimum absolute atomic E-state index is 0.0159. The molecule has 6 nitrogen and oxygen atoms in total. The predicted octanol–water partition coefficient (Wildman–Crippen LogP) is 4.37. The molecule has 1 aromatic heterocycles. The molecule has 1 amide bonds. The molecule has 0 saturated heterocycles. The van der Waals surface area contributed by atoms with E-state index in [0.717, 1.165) is 11.1 Å². The second-order valence-corrected chi connectivity index (χ2v) is 7.12. The molecule has 0 bridgehead atoms. The Labute approximate surface area is 183 Å². The Morgan fingerprint density at radius 2 is 1.97 bits per heavy atom. The van der Waals surface area contributed by atoms with Gasteiger partial charge in [0.05, 0.1) is 29.4 Å². The second kappa shape index (κ2) is 10.1. The largest absolute Gasteiger partial charge is 0.494 e. The number of hydrogen-bond donors (Lipinski definition) is 1. The molecular formula is C22H19Cl2N3O3. The van der Waals surface area contributed by atoms with Crippen molar-refractivity contribution in [3.05, 3.63) is 97.9 Å². The highest BCUT2D eigenvalue weighted by atomic mass is 35.5. The van der Waals surface area contributed by atoms with Crippen LogP contribution < -0.4 is 15.7 Å². The fraction of sp³-hybridized carbons (Fsp3) is 0.136. The molecule has 3 rings (SSSR count). The number of carbonyl (C=O) groups is 1. The van der Waals surface area contributed by atoms with E-state index in [4.69, 9.17) is 27.9 Å². The highest BCUT2D eigenvalue weighted by Crippen LogP contribution is 2.22. The normalized spacial score (nSPS) is 10.9. The number of pyridine rings is 1. The molecule has 0 radical (unpaired) electrons. The third kappa shape index (κ3) is 5.49. The lowest BCUT2D eigenvalue weighted by molar-refractivity contribution is 0.0953. The average molecular weight is 444 g/mol. The monoisotopic (exact) mass is 443 g/mol. The van der Waals surface area contributed by atoms with Gasteiger partial charge >= 0.3 is 0 Å². The highest BCUT2D eigenvalue weighted by Gasteiger charge is 2.12. The maximum Gasteiger partial charge on any atom is 0.276 e. The molecule has 154 valence electrons. The van der Waals surface area contributed by atoms with Crippen LogP contribution in [0.2, 0.25) is 10.0 Å². The van der Waals surface area contributed by atoms with Gasteiger partial charge in [0.15, 0.2) is 0 Å². The van der Waals surface area contributed by atoms with Crippen molar-refractivity contribution in [3.63, 3.8) is 0 Å². The molecule has 0 atom stereocenters. The SMILES string of the molecule is CCOc1cccc(/C=N\NC(=O)c2cccn(Cc3ccc(Cl)c(Cl)c3)c2=O)c1. The van der Waals surface area contributed by atoms with Crippen molar-refractivity contribution in [2.24, 2.45) is 5.10 Å². The van der Waals surface area contributed by atoms with Gasteiger partial charge in [0, 0.05) is 6.20 Å². The number of hydrogen-bond acceptors (Lipinski definition) is 4. The third-order valence-electron chi connectivity index (χ3n) is 4.15. The zero-order valence-electron chi connectivity index (χ0n) is 16.1. The number of carbonyl (C=O) groups excluding carboxylic acids is 1. The first kappa shape index (κ1) is 21.6. The van der Waals surface area contributed by atoms with Crippen molar-refractivity contribution in [1.82, 2.24) is 9.99 Å². The number of aromatic nitrogens is 1. The van der Waals surface area contributed by atoms with Crippen molar-refractivity contribution in [3.8, 4) is 5.75 Å². The first-order valence-electron chi connectivity index (χ1n) is 9.17. The molecule has 2 aromatic carbocycles. The van der Waals surface area contributed by atoms with E-state index in [1.54, 1.807) is 36.5 Å². The Kier molecular flexibility index (Phi) is 7.27. The van der Waals surface area contributed by atoms with E-state index in [-0.39, 0.29) is 12.1 Å². The van der Waals surface area contributed by atoms with Crippen LogP contribution in [-0.4, -0.2) is 23.3 Å². The Morgan fingerprint density at radius 3 is 2.73 bits per heavy atom. The lowest BCUT2D eigenvalue weighted by Gasteiger charge is -2.08. The van der Waals surface area contributed by atoms with Crippen LogP contribution in [0.4, 0.5) is 0 Å². The van der Waals surface area contributed by atoms with Crippen LogP contribution in [0.1, 0.15) is 28.4 Å². The van der Waals surface area contributed by atoms with Crippen LogP contribution >= 0.6 is 23.2 Å². The standard InChI is InChI=1S/C22H19Cl2N3O3/c1-2-30-17-6-3-5-15(11-17)13-25-26-21(28)18-7-4-10-27(22(18)29)14-16-8-9-19(23)20(24)12-16/h3-13H,2,14H2,1H3,(H,26,28)/b25-13-. The summed E-state index contributed by atoms with van der Waals surface area (Å²) < 4.78 is 6.85. The Hall–Kier alpha value is -3.09. The maximum absolute atomic E-state index is 12.7. The number of amides is 1. The van der Waals surface area contributed by atoms with Crippen LogP contribution in [0.15, 0.2) is 70.7 Å². The smallest absolute Gasteiger partial charge is 0.276 e.